The van der Waals surface area contributed by atoms with Crippen LogP contribution in [0.15, 0.2) is 36.4 Å². The molecule has 0 aliphatic carbocycles. The summed E-state index contributed by atoms with van der Waals surface area (Å²) in [6, 6.07) is 9.64. The number of amides is 2. The summed E-state index contributed by atoms with van der Waals surface area (Å²) in [7, 11) is 0. The van der Waals surface area contributed by atoms with E-state index in [1.54, 1.807) is 30.3 Å². The largest absolute Gasteiger partial charge is 0.486 e. The van der Waals surface area contributed by atoms with Crippen LogP contribution >= 0.6 is 11.6 Å². The number of halogens is 1. The Kier molecular flexibility index (Phi) is 4.95. The summed E-state index contributed by atoms with van der Waals surface area (Å²) >= 11 is 6.14. The van der Waals surface area contributed by atoms with Crippen LogP contribution in [0.1, 0.15) is 10.4 Å². The first-order valence-corrected chi connectivity index (χ1v) is 7.82. The molecule has 0 unspecified atom stereocenters. The van der Waals surface area contributed by atoms with Crippen molar-refractivity contribution in [1.82, 2.24) is 0 Å². The summed E-state index contributed by atoms with van der Waals surface area (Å²) in [5.74, 6) is 0.455. The van der Waals surface area contributed by atoms with Crippen LogP contribution in [0.5, 0.6) is 17.2 Å². The van der Waals surface area contributed by atoms with Gasteiger partial charge in [-0.2, -0.15) is 0 Å². The fraction of sp³-hybridized carbons (Fsp3) is 0.176. The van der Waals surface area contributed by atoms with E-state index in [9.17, 15) is 9.59 Å². The summed E-state index contributed by atoms with van der Waals surface area (Å²) in [6.45, 7) is 0.616. The molecule has 8 heteroatoms. The van der Waals surface area contributed by atoms with Gasteiger partial charge in [-0.15, -0.1) is 0 Å². The van der Waals surface area contributed by atoms with Crippen molar-refractivity contribution in [3.8, 4) is 17.2 Å². The summed E-state index contributed by atoms with van der Waals surface area (Å²) in [4.78, 5) is 23.1. The number of carbonyl (C=O) groups is 2. The van der Waals surface area contributed by atoms with Crippen LogP contribution in [0, 0.1) is 0 Å². The molecule has 0 saturated carbocycles. The first-order valence-electron chi connectivity index (χ1n) is 7.44. The highest BCUT2D eigenvalue weighted by atomic mass is 35.5. The quantitative estimate of drug-likeness (QED) is 0.849. The van der Waals surface area contributed by atoms with Gasteiger partial charge >= 0.3 is 0 Å². The Labute approximate surface area is 148 Å². The van der Waals surface area contributed by atoms with Gasteiger partial charge < -0.3 is 25.3 Å². The van der Waals surface area contributed by atoms with E-state index in [0.29, 0.717) is 46.7 Å². The zero-order valence-electron chi connectivity index (χ0n) is 13.1. The Morgan fingerprint density at radius 3 is 2.60 bits per heavy atom. The molecule has 2 aromatic rings. The van der Waals surface area contributed by atoms with Gasteiger partial charge in [0.2, 0.25) is 0 Å². The van der Waals surface area contributed by atoms with Crippen molar-refractivity contribution < 1.29 is 23.8 Å². The maximum absolute atomic E-state index is 12.4. The molecule has 3 rings (SSSR count). The van der Waals surface area contributed by atoms with Gasteiger partial charge in [-0.25, -0.2) is 0 Å². The Bertz CT molecular complexity index is 807. The minimum atomic E-state index is -0.562. The zero-order valence-corrected chi connectivity index (χ0v) is 13.8. The monoisotopic (exact) mass is 362 g/mol. The van der Waals surface area contributed by atoms with Crippen molar-refractivity contribution in [2.45, 2.75) is 0 Å². The van der Waals surface area contributed by atoms with Gasteiger partial charge in [0.1, 0.15) is 19.0 Å². The number of benzene rings is 2. The number of hydrogen-bond acceptors (Lipinski definition) is 5. The number of primary amides is 1. The van der Waals surface area contributed by atoms with E-state index in [0.717, 1.165) is 0 Å². The molecule has 130 valence electrons. The van der Waals surface area contributed by atoms with Gasteiger partial charge in [-0.3, -0.25) is 9.59 Å². The van der Waals surface area contributed by atoms with Crippen molar-refractivity contribution in [3.63, 3.8) is 0 Å². The van der Waals surface area contributed by atoms with Crippen molar-refractivity contribution in [2.24, 2.45) is 5.73 Å². The number of hydrogen-bond donors (Lipinski definition) is 2. The topological polar surface area (TPSA) is 99.9 Å². The summed E-state index contributed by atoms with van der Waals surface area (Å²) in [6.07, 6.45) is 0. The smallest absolute Gasteiger partial charge is 0.255 e. The first kappa shape index (κ1) is 16.9. The Morgan fingerprint density at radius 2 is 1.88 bits per heavy atom. The van der Waals surface area contributed by atoms with Crippen LogP contribution in [0.4, 0.5) is 5.69 Å². The minimum absolute atomic E-state index is 0.207. The molecule has 0 spiro atoms. The molecule has 25 heavy (non-hydrogen) atoms. The lowest BCUT2D eigenvalue weighted by Gasteiger charge is -2.20. The minimum Gasteiger partial charge on any atom is -0.486 e. The first-order chi connectivity index (χ1) is 12.0. The molecule has 1 aliphatic heterocycles. The van der Waals surface area contributed by atoms with Crippen molar-refractivity contribution in [3.05, 3.63) is 47.0 Å². The predicted octanol–water partition coefficient (Wildman–Crippen LogP) is 2.23. The summed E-state index contributed by atoms with van der Waals surface area (Å²) in [5, 5.41) is 3.06. The van der Waals surface area contributed by atoms with Crippen LogP contribution in [0.3, 0.4) is 0 Å². The zero-order chi connectivity index (χ0) is 17.8. The summed E-state index contributed by atoms with van der Waals surface area (Å²) < 4.78 is 16.0. The number of anilines is 1. The second kappa shape index (κ2) is 7.31. The third-order valence-electron chi connectivity index (χ3n) is 3.35. The molecule has 2 aromatic carbocycles. The highest BCUT2D eigenvalue weighted by Crippen LogP contribution is 2.38. The Balaban J connectivity index is 1.70. The van der Waals surface area contributed by atoms with Crippen LogP contribution in [-0.2, 0) is 4.79 Å². The van der Waals surface area contributed by atoms with E-state index in [2.05, 4.69) is 5.32 Å². The van der Waals surface area contributed by atoms with Gasteiger partial charge in [-0.1, -0.05) is 11.6 Å². The lowest BCUT2D eigenvalue weighted by molar-refractivity contribution is -0.119. The molecule has 2 amide bonds. The molecule has 0 saturated heterocycles. The molecule has 1 aliphatic rings. The second-order valence-electron chi connectivity index (χ2n) is 5.22. The van der Waals surface area contributed by atoms with E-state index < -0.39 is 5.91 Å². The van der Waals surface area contributed by atoms with Gasteiger partial charge in [0, 0.05) is 11.3 Å². The van der Waals surface area contributed by atoms with Crippen molar-refractivity contribution >= 4 is 29.1 Å². The maximum Gasteiger partial charge on any atom is 0.255 e. The third-order valence-corrected chi connectivity index (χ3v) is 3.63. The Morgan fingerprint density at radius 1 is 1.16 bits per heavy atom. The van der Waals surface area contributed by atoms with E-state index in [-0.39, 0.29) is 12.5 Å². The molecular weight excluding hydrogens is 348 g/mol. The number of nitrogens with two attached hydrogens (primary N) is 1. The van der Waals surface area contributed by atoms with Crippen LogP contribution in [0.25, 0.3) is 0 Å². The van der Waals surface area contributed by atoms with E-state index in [4.69, 9.17) is 31.5 Å². The molecule has 0 radical (unpaired) electrons. The number of carbonyl (C=O) groups excluding carboxylic acids is 2. The SMILES string of the molecule is NC(=O)COc1ccc(NC(=O)c2cc(Cl)c3c(c2)OCCO3)cc1. The molecular formula is C17H15ClN2O5. The van der Waals surface area contributed by atoms with E-state index in [1.807, 2.05) is 0 Å². The second-order valence-corrected chi connectivity index (χ2v) is 5.62. The lowest BCUT2D eigenvalue weighted by Crippen LogP contribution is -2.20. The van der Waals surface area contributed by atoms with Crippen molar-refractivity contribution in [2.75, 3.05) is 25.1 Å². The molecule has 0 aromatic heterocycles. The van der Waals surface area contributed by atoms with Crippen LogP contribution in [-0.4, -0.2) is 31.6 Å². The molecule has 7 nitrogen and oxygen atoms in total. The highest BCUT2D eigenvalue weighted by molar-refractivity contribution is 6.32. The van der Waals surface area contributed by atoms with E-state index >= 15 is 0 Å². The fourth-order valence-corrected chi connectivity index (χ4v) is 2.50. The van der Waals surface area contributed by atoms with Gasteiger partial charge in [0.15, 0.2) is 18.1 Å². The molecule has 0 atom stereocenters. The number of rotatable bonds is 5. The molecule has 0 fully saturated rings. The van der Waals surface area contributed by atoms with Crippen LogP contribution in [0.2, 0.25) is 5.02 Å². The van der Waals surface area contributed by atoms with Crippen molar-refractivity contribution in [1.29, 1.82) is 0 Å². The number of ether oxygens (including phenoxy) is 3. The third kappa shape index (κ3) is 4.13. The number of nitrogens with one attached hydrogen (secondary N) is 1. The highest BCUT2D eigenvalue weighted by Gasteiger charge is 2.19. The fourth-order valence-electron chi connectivity index (χ4n) is 2.23. The Hall–Kier alpha value is -2.93. The maximum atomic E-state index is 12.4. The predicted molar refractivity (Wildman–Crippen MR) is 91.5 cm³/mol. The average molecular weight is 363 g/mol. The lowest BCUT2D eigenvalue weighted by atomic mass is 10.1. The number of fused-ring (bicyclic) bond motifs is 1. The molecule has 0 bridgehead atoms. The summed E-state index contributed by atoms with van der Waals surface area (Å²) in [5.41, 5.74) is 5.92. The van der Waals surface area contributed by atoms with Gasteiger partial charge in [0.05, 0.1) is 5.02 Å². The average Bonchev–Trinajstić information content (AvgIpc) is 2.61. The molecule has 3 N–H and O–H groups in total. The van der Waals surface area contributed by atoms with E-state index in [1.165, 1.54) is 6.07 Å². The standard InChI is InChI=1S/C17H15ClN2O5/c18-13-7-10(8-14-16(13)24-6-5-23-14)17(22)20-11-1-3-12(4-2-11)25-9-15(19)21/h1-4,7-8H,5-6,9H2,(H2,19,21)(H,20,22). The van der Waals surface area contributed by atoms with Gasteiger partial charge in [0.25, 0.3) is 11.8 Å². The molecule has 1 heterocycles. The van der Waals surface area contributed by atoms with Gasteiger partial charge in [-0.05, 0) is 36.4 Å². The van der Waals surface area contributed by atoms with Crippen LogP contribution < -0.4 is 25.3 Å². The normalized spacial score (nSPS) is 12.4.